The van der Waals surface area contributed by atoms with Crippen LogP contribution in [-0.4, -0.2) is 0 Å². The van der Waals surface area contributed by atoms with Gasteiger partial charge in [-0.3, -0.25) is 0 Å². The highest BCUT2D eigenvalue weighted by molar-refractivity contribution is 4.67. The standard InChI is InChI=1S/C8H16.C2H6.2CH4/c1-7-5-3-4-6-8(7)2;1-2;;/h7-8H,3-6H2,1-2H3;1-2H3;2*1H4. The lowest BCUT2D eigenvalue weighted by molar-refractivity contribution is 0.277. The van der Waals surface area contributed by atoms with Gasteiger partial charge >= 0.3 is 0 Å². The first-order chi connectivity index (χ1) is 4.80. The van der Waals surface area contributed by atoms with Crippen LogP contribution in [-0.2, 0) is 0 Å². The van der Waals surface area contributed by atoms with Gasteiger partial charge in [0.25, 0.3) is 0 Å². The first-order valence-corrected chi connectivity index (χ1v) is 4.80. The van der Waals surface area contributed by atoms with Crippen LogP contribution in [0.3, 0.4) is 0 Å². The molecule has 1 fully saturated rings. The molecule has 0 aromatic rings. The summed E-state index contributed by atoms with van der Waals surface area (Å²) in [5, 5.41) is 0. The zero-order chi connectivity index (χ0) is 7.98. The van der Waals surface area contributed by atoms with Crippen molar-refractivity contribution >= 4 is 0 Å². The molecule has 0 radical (unpaired) electrons. The van der Waals surface area contributed by atoms with E-state index < -0.39 is 0 Å². The van der Waals surface area contributed by atoms with Gasteiger partial charge in [0.2, 0.25) is 0 Å². The fraction of sp³-hybridized carbons (Fsp3) is 1.00. The van der Waals surface area contributed by atoms with E-state index in [0.29, 0.717) is 0 Å². The van der Waals surface area contributed by atoms with E-state index in [1.807, 2.05) is 13.8 Å². The van der Waals surface area contributed by atoms with E-state index in [0.717, 1.165) is 11.8 Å². The van der Waals surface area contributed by atoms with Crippen LogP contribution in [0.25, 0.3) is 0 Å². The second-order valence-electron chi connectivity index (χ2n) is 3.24. The molecule has 0 amide bonds. The second kappa shape index (κ2) is 11.0. The summed E-state index contributed by atoms with van der Waals surface area (Å²) in [6.07, 6.45) is 5.90. The van der Waals surface area contributed by atoms with Crippen LogP contribution in [0.4, 0.5) is 0 Å². The molecule has 2 unspecified atom stereocenters. The molecule has 1 aliphatic carbocycles. The normalized spacial score (nSPS) is 27.0. The lowest BCUT2D eigenvalue weighted by Crippen LogP contribution is -2.12. The van der Waals surface area contributed by atoms with Gasteiger partial charge in [0.1, 0.15) is 0 Å². The molecular weight excluding hydrogens is 144 g/mol. The Labute approximate surface area is 80.8 Å². The Morgan fingerprint density at radius 2 is 1.00 bits per heavy atom. The van der Waals surface area contributed by atoms with Crippen molar-refractivity contribution in [1.29, 1.82) is 0 Å². The average molecular weight is 174 g/mol. The van der Waals surface area contributed by atoms with Gasteiger partial charge in [0.05, 0.1) is 0 Å². The third kappa shape index (κ3) is 6.69. The smallest absolute Gasteiger partial charge is 0.0417 e. The Hall–Kier alpha value is 0. The minimum Gasteiger partial charge on any atom is -0.0776 e. The molecule has 12 heavy (non-hydrogen) atoms. The molecule has 1 aliphatic rings. The van der Waals surface area contributed by atoms with Gasteiger partial charge in [0, 0.05) is 0 Å². The van der Waals surface area contributed by atoms with E-state index in [4.69, 9.17) is 0 Å². The third-order valence-electron chi connectivity index (χ3n) is 2.54. The van der Waals surface area contributed by atoms with E-state index in [2.05, 4.69) is 13.8 Å². The molecule has 0 nitrogen and oxygen atoms in total. The molecule has 1 rings (SSSR count). The van der Waals surface area contributed by atoms with Crippen molar-refractivity contribution in [3.63, 3.8) is 0 Å². The summed E-state index contributed by atoms with van der Waals surface area (Å²) >= 11 is 0. The third-order valence-corrected chi connectivity index (χ3v) is 2.54. The molecule has 0 heterocycles. The molecular formula is C12H30. The summed E-state index contributed by atoms with van der Waals surface area (Å²) in [5.41, 5.74) is 0. The van der Waals surface area contributed by atoms with Gasteiger partial charge < -0.3 is 0 Å². The Morgan fingerprint density at radius 3 is 1.17 bits per heavy atom. The van der Waals surface area contributed by atoms with Gasteiger partial charge in [0.15, 0.2) is 0 Å². The molecule has 0 spiro atoms. The Bertz CT molecular complexity index is 56.4. The van der Waals surface area contributed by atoms with Crippen molar-refractivity contribution in [2.24, 2.45) is 11.8 Å². The van der Waals surface area contributed by atoms with Crippen molar-refractivity contribution < 1.29 is 0 Å². The van der Waals surface area contributed by atoms with Gasteiger partial charge in [-0.25, -0.2) is 0 Å². The molecule has 0 aromatic carbocycles. The lowest BCUT2D eigenvalue weighted by Gasteiger charge is -2.24. The molecule has 0 heteroatoms. The highest BCUT2D eigenvalue weighted by Crippen LogP contribution is 2.28. The predicted octanol–water partition coefficient (Wildman–Crippen LogP) is 5.13. The van der Waals surface area contributed by atoms with Crippen molar-refractivity contribution in [3.8, 4) is 0 Å². The highest BCUT2D eigenvalue weighted by Gasteiger charge is 2.15. The molecule has 0 aromatic heterocycles. The van der Waals surface area contributed by atoms with Crippen LogP contribution >= 0.6 is 0 Å². The Kier molecular flexibility index (Phi) is 16.4. The fourth-order valence-corrected chi connectivity index (χ4v) is 1.50. The topological polar surface area (TPSA) is 0 Å². The van der Waals surface area contributed by atoms with Crippen molar-refractivity contribution in [2.75, 3.05) is 0 Å². The maximum atomic E-state index is 2.38. The largest absolute Gasteiger partial charge is 0.0776 e. The summed E-state index contributed by atoms with van der Waals surface area (Å²) in [4.78, 5) is 0. The van der Waals surface area contributed by atoms with Crippen molar-refractivity contribution in [3.05, 3.63) is 0 Å². The monoisotopic (exact) mass is 174 g/mol. The maximum absolute atomic E-state index is 2.38. The molecule has 0 aliphatic heterocycles. The maximum Gasteiger partial charge on any atom is -0.0417 e. The number of hydrogen-bond acceptors (Lipinski definition) is 0. The SMILES string of the molecule is C.C.CC.CC1CCCCC1C. The van der Waals surface area contributed by atoms with Crippen molar-refractivity contribution in [1.82, 2.24) is 0 Å². The first-order valence-electron chi connectivity index (χ1n) is 4.80. The van der Waals surface area contributed by atoms with Crippen LogP contribution in [0.15, 0.2) is 0 Å². The second-order valence-corrected chi connectivity index (χ2v) is 3.24. The van der Waals surface area contributed by atoms with Gasteiger partial charge in [-0.2, -0.15) is 0 Å². The molecule has 0 saturated heterocycles. The quantitative estimate of drug-likeness (QED) is 0.477. The fourth-order valence-electron chi connectivity index (χ4n) is 1.50. The Morgan fingerprint density at radius 1 is 0.750 bits per heavy atom. The predicted molar refractivity (Wildman–Crippen MR) is 61.6 cm³/mol. The van der Waals surface area contributed by atoms with Crippen LogP contribution in [0.2, 0.25) is 0 Å². The van der Waals surface area contributed by atoms with Gasteiger partial charge in [-0.1, -0.05) is 68.2 Å². The summed E-state index contributed by atoms with van der Waals surface area (Å²) in [6, 6.07) is 0. The van der Waals surface area contributed by atoms with E-state index >= 15 is 0 Å². The number of hydrogen-bond donors (Lipinski definition) is 0. The molecule has 0 bridgehead atoms. The summed E-state index contributed by atoms with van der Waals surface area (Å²) in [6.45, 7) is 8.76. The van der Waals surface area contributed by atoms with E-state index in [9.17, 15) is 0 Å². The minimum absolute atomic E-state index is 0. The van der Waals surface area contributed by atoms with E-state index in [1.54, 1.807) is 0 Å². The van der Waals surface area contributed by atoms with Crippen LogP contribution in [0, 0.1) is 11.8 Å². The molecule has 1 saturated carbocycles. The lowest BCUT2D eigenvalue weighted by atomic mass is 9.82. The van der Waals surface area contributed by atoms with E-state index in [1.165, 1.54) is 25.7 Å². The van der Waals surface area contributed by atoms with Crippen LogP contribution in [0.5, 0.6) is 0 Å². The molecule has 78 valence electrons. The van der Waals surface area contributed by atoms with Gasteiger partial charge in [-0.15, -0.1) is 0 Å². The Balaban J connectivity index is -0.000000189. The summed E-state index contributed by atoms with van der Waals surface area (Å²) < 4.78 is 0. The summed E-state index contributed by atoms with van der Waals surface area (Å²) in [7, 11) is 0. The van der Waals surface area contributed by atoms with Crippen LogP contribution < -0.4 is 0 Å². The zero-order valence-electron chi connectivity index (χ0n) is 7.98. The number of rotatable bonds is 0. The summed E-state index contributed by atoms with van der Waals surface area (Å²) in [5.74, 6) is 2.01. The average Bonchev–Trinajstić information content (AvgIpc) is 2.00. The zero-order valence-corrected chi connectivity index (χ0v) is 7.98. The molecule has 2 atom stereocenters. The molecule has 0 N–H and O–H groups in total. The highest BCUT2D eigenvalue weighted by atomic mass is 14.2. The van der Waals surface area contributed by atoms with E-state index in [-0.39, 0.29) is 14.9 Å². The first kappa shape index (κ1) is 17.9. The van der Waals surface area contributed by atoms with Gasteiger partial charge in [-0.05, 0) is 11.8 Å². The van der Waals surface area contributed by atoms with Crippen molar-refractivity contribution in [2.45, 2.75) is 68.2 Å². The van der Waals surface area contributed by atoms with Crippen LogP contribution in [0.1, 0.15) is 68.2 Å². The minimum atomic E-state index is 0.